The van der Waals surface area contributed by atoms with Gasteiger partial charge in [0.05, 0.1) is 23.9 Å². The summed E-state index contributed by atoms with van der Waals surface area (Å²) in [5.74, 6) is -1.67. The molecular weight excluding hydrogens is 450 g/mol. The number of imidazole rings is 1. The summed E-state index contributed by atoms with van der Waals surface area (Å²) in [6.45, 7) is 6.47. The summed E-state index contributed by atoms with van der Waals surface area (Å²) < 4.78 is 12.5. The average molecular weight is 480 g/mol. The molecule has 1 aromatic carbocycles. The predicted octanol–water partition coefficient (Wildman–Crippen LogP) is 3.51. The molecule has 1 aliphatic heterocycles. The molecule has 9 nitrogen and oxygen atoms in total. The quantitative estimate of drug-likeness (QED) is 0.220. The molecule has 9 heteroatoms. The highest BCUT2D eigenvalue weighted by Crippen LogP contribution is 2.42. The minimum absolute atomic E-state index is 0.0512. The smallest absolute Gasteiger partial charge is 0.295 e. The van der Waals surface area contributed by atoms with Crippen LogP contribution in [-0.4, -0.2) is 63.1 Å². The van der Waals surface area contributed by atoms with Crippen molar-refractivity contribution in [2.75, 3.05) is 26.9 Å². The lowest BCUT2D eigenvalue weighted by Crippen LogP contribution is -2.31. The van der Waals surface area contributed by atoms with Gasteiger partial charge in [0.25, 0.3) is 11.7 Å². The van der Waals surface area contributed by atoms with Crippen molar-refractivity contribution in [1.29, 1.82) is 0 Å². The van der Waals surface area contributed by atoms with E-state index in [4.69, 9.17) is 9.47 Å². The number of aromatic nitrogens is 2. The van der Waals surface area contributed by atoms with Crippen molar-refractivity contribution in [2.24, 2.45) is 0 Å². The number of Topliss-reactive ketones (excluding diaryl/α,β-unsaturated/α-hetero) is 1. The zero-order chi connectivity index (χ0) is 25.3. The third kappa shape index (κ3) is 4.23. The predicted molar refractivity (Wildman–Crippen MR) is 129 cm³/mol. The normalized spacial score (nSPS) is 17.5. The molecule has 1 saturated heterocycles. The first-order chi connectivity index (χ1) is 16.8. The van der Waals surface area contributed by atoms with Gasteiger partial charge in [0.15, 0.2) is 17.3 Å². The van der Waals surface area contributed by atoms with Crippen LogP contribution in [0.15, 0.2) is 42.1 Å². The van der Waals surface area contributed by atoms with E-state index in [1.165, 1.54) is 11.0 Å². The van der Waals surface area contributed by atoms with Crippen LogP contribution in [0.5, 0.6) is 11.5 Å². The number of methoxy groups -OCH3 is 1. The van der Waals surface area contributed by atoms with Crippen LogP contribution in [0.2, 0.25) is 0 Å². The number of carbonyl (C=O) groups excluding carboxylic acids is 2. The van der Waals surface area contributed by atoms with Gasteiger partial charge < -0.3 is 29.0 Å². The molecule has 0 bridgehead atoms. The van der Waals surface area contributed by atoms with E-state index in [2.05, 4.69) is 4.98 Å². The highest BCUT2D eigenvalue weighted by molar-refractivity contribution is 6.46. The highest BCUT2D eigenvalue weighted by atomic mass is 16.5. The van der Waals surface area contributed by atoms with Gasteiger partial charge in [0.2, 0.25) is 0 Å². The van der Waals surface area contributed by atoms with Crippen LogP contribution in [0.25, 0.3) is 11.4 Å². The van der Waals surface area contributed by atoms with Gasteiger partial charge in [-0.05, 0) is 56.5 Å². The second-order valence-corrected chi connectivity index (χ2v) is 8.43. The number of ketones is 1. The first-order valence-electron chi connectivity index (χ1n) is 11.5. The summed E-state index contributed by atoms with van der Waals surface area (Å²) in [7, 11) is 1.56. The van der Waals surface area contributed by atoms with E-state index < -0.39 is 17.7 Å². The van der Waals surface area contributed by atoms with Gasteiger partial charge in [-0.2, -0.15) is 0 Å². The molecular formula is C26H29N3O6. The van der Waals surface area contributed by atoms with Gasteiger partial charge in [-0.25, -0.2) is 4.98 Å². The van der Waals surface area contributed by atoms with E-state index in [0.29, 0.717) is 36.5 Å². The number of hydrogen-bond donors (Lipinski definition) is 2. The Bertz CT molecular complexity index is 1330. The van der Waals surface area contributed by atoms with E-state index in [1.54, 1.807) is 33.1 Å². The van der Waals surface area contributed by atoms with Crippen molar-refractivity contribution in [3.8, 4) is 11.5 Å². The molecule has 35 heavy (non-hydrogen) atoms. The van der Waals surface area contributed by atoms with E-state index in [0.717, 1.165) is 5.56 Å². The maximum atomic E-state index is 13.3. The standard InChI is InChI=1S/C26H29N3O6/c1-5-35-19-14-17(9-10-18(19)30)22-20(24(32)26(33)29(22)12-7-13-34-4)23(31)21-16(3)28-11-6-8-15(2)25(28)27-21/h6,8-11,14,22,30-31H,5,7,12-13H2,1-4H3/b23-20+. The Kier molecular flexibility index (Phi) is 6.79. The molecule has 2 aromatic heterocycles. The average Bonchev–Trinajstić information content (AvgIpc) is 3.31. The zero-order valence-electron chi connectivity index (χ0n) is 20.2. The van der Waals surface area contributed by atoms with E-state index in [1.807, 2.05) is 29.7 Å². The number of aromatic hydroxyl groups is 1. The topological polar surface area (TPSA) is 114 Å². The second-order valence-electron chi connectivity index (χ2n) is 8.43. The van der Waals surface area contributed by atoms with Crippen LogP contribution >= 0.6 is 0 Å². The van der Waals surface area contributed by atoms with Gasteiger partial charge in [-0.3, -0.25) is 9.59 Å². The Hall–Kier alpha value is -3.85. The lowest BCUT2D eigenvalue weighted by atomic mass is 9.96. The molecule has 0 aliphatic carbocycles. The van der Waals surface area contributed by atoms with Crippen molar-refractivity contribution >= 4 is 23.1 Å². The fourth-order valence-electron chi connectivity index (χ4n) is 4.48. The van der Waals surface area contributed by atoms with Crippen LogP contribution in [0.1, 0.15) is 41.9 Å². The van der Waals surface area contributed by atoms with Crippen LogP contribution in [-0.2, 0) is 14.3 Å². The Morgan fingerprint density at radius 3 is 2.66 bits per heavy atom. The molecule has 1 unspecified atom stereocenters. The maximum absolute atomic E-state index is 13.3. The number of hydrogen-bond acceptors (Lipinski definition) is 7. The number of phenols is 1. The fourth-order valence-corrected chi connectivity index (χ4v) is 4.48. The summed E-state index contributed by atoms with van der Waals surface area (Å²) >= 11 is 0. The summed E-state index contributed by atoms with van der Waals surface area (Å²) in [6.07, 6.45) is 2.33. The first kappa shape index (κ1) is 24.3. The number of nitrogens with zero attached hydrogens (tertiary/aromatic N) is 3. The van der Waals surface area contributed by atoms with Crippen LogP contribution in [0.4, 0.5) is 0 Å². The second kappa shape index (κ2) is 9.79. The summed E-state index contributed by atoms with van der Waals surface area (Å²) in [5.41, 5.74) is 2.92. The number of likely N-dealkylation sites (tertiary alicyclic amines) is 1. The van der Waals surface area contributed by atoms with Crippen LogP contribution < -0.4 is 4.74 Å². The third-order valence-electron chi connectivity index (χ3n) is 6.20. The van der Waals surface area contributed by atoms with Crippen molar-refractivity contribution in [3.63, 3.8) is 0 Å². The number of amides is 1. The molecule has 1 atom stereocenters. The van der Waals surface area contributed by atoms with Crippen molar-refractivity contribution in [2.45, 2.75) is 33.2 Å². The van der Waals surface area contributed by atoms with Gasteiger partial charge >= 0.3 is 0 Å². The monoisotopic (exact) mass is 479 g/mol. The summed E-state index contributed by atoms with van der Waals surface area (Å²) in [4.78, 5) is 32.4. The number of rotatable bonds is 8. The van der Waals surface area contributed by atoms with Gasteiger partial charge in [0.1, 0.15) is 11.3 Å². The van der Waals surface area contributed by atoms with Gasteiger partial charge in [-0.1, -0.05) is 12.1 Å². The molecule has 1 fully saturated rings. The maximum Gasteiger partial charge on any atom is 0.295 e. The number of benzene rings is 1. The number of aryl methyl sites for hydroxylation is 2. The SMILES string of the molecule is CCOc1cc(C2/C(=C(\O)c3nc4c(C)cccn4c3C)C(=O)C(=O)N2CCCOC)ccc1O. The molecule has 2 N–H and O–H groups in total. The van der Waals surface area contributed by atoms with Crippen LogP contribution in [0, 0.1) is 13.8 Å². The number of pyridine rings is 1. The third-order valence-corrected chi connectivity index (χ3v) is 6.20. The van der Waals surface area contributed by atoms with Crippen molar-refractivity contribution in [1.82, 2.24) is 14.3 Å². The van der Waals surface area contributed by atoms with Crippen LogP contribution in [0.3, 0.4) is 0 Å². The molecule has 0 saturated carbocycles. The number of aliphatic hydroxyl groups is 1. The number of phenolic OH excluding ortho intramolecular Hbond substituents is 1. The van der Waals surface area contributed by atoms with Crippen molar-refractivity contribution < 1.29 is 29.3 Å². The summed E-state index contributed by atoms with van der Waals surface area (Å²) in [5, 5.41) is 21.6. The lowest BCUT2D eigenvalue weighted by Gasteiger charge is -2.25. The van der Waals surface area contributed by atoms with Gasteiger partial charge in [0, 0.05) is 26.5 Å². The lowest BCUT2D eigenvalue weighted by molar-refractivity contribution is -0.140. The van der Waals surface area contributed by atoms with E-state index in [-0.39, 0.29) is 35.1 Å². The molecule has 184 valence electrons. The number of fused-ring (bicyclic) bond motifs is 1. The minimum Gasteiger partial charge on any atom is -0.505 e. The molecule has 1 amide bonds. The zero-order valence-corrected chi connectivity index (χ0v) is 20.2. The molecule has 3 heterocycles. The summed E-state index contributed by atoms with van der Waals surface area (Å²) in [6, 6.07) is 7.57. The number of aliphatic hydroxyl groups excluding tert-OH is 1. The molecule has 4 rings (SSSR count). The fraction of sp³-hybridized carbons (Fsp3) is 0.346. The number of carbonyl (C=O) groups is 2. The molecule has 1 aliphatic rings. The first-order valence-corrected chi connectivity index (χ1v) is 11.5. The Morgan fingerprint density at radius 2 is 1.97 bits per heavy atom. The van der Waals surface area contributed by atoms with Gasteiger partial charge in [-0.15, -0.1) is 0 Å². The Morgan fingerprint density at radius 1 is 1.20 bits per heavy atom. The van der Waals surface area contributed by atoms with E-state index in [9.17, 15) is 19.8 Å². The minimum atomic E-state index is -0.878. The molecule has 0 spiro atoms. The largest absolute Gasteiger partial charge is 0.505 e. The Labute approximate surface area is 203 Å². The number of ether oxygens (including phenoxy) is 2. The van der Waals surface area contributed by atoms with E-state index >= 15 is 0 Å². The Balaban J connectivity index is 1.91. The molecule has 0 radical (unpaired) electrons. The van der Waals surface area contributed by atoms with Crippen molar-refractivity contribution in [3.05, 3.63) is 64.6 Å². The highest BCUT2D eigenvalue weighted by Gasteiger charge is 2.46. The molecule has 3 aromatic rings.